The number of allylic oxidation sites excluding steroid dienone is 1. The molecule has 0 aliphatic heterocycles. The van der Waals surface area contributed by atoms with Crippen molar-refractivity contribution >= 4 is 5.57 Å². The number of hydrogen-bond donors (Lipinski definition) is 1. The first kappa shape index (κ1) is 11.4. The first-order valence-electron chi connectivity index (χ1n) is 5.17. The molecule has 0 amide bonds. The van der Waals surface area contributed by atoms with Gasteiger partial charge < -0.3 is 5.73 Å². The van der Waals surface area contributed by atoms with E-state index in [1.54, 1.807) is 6.20 Å². The van der Waals surface area contributed by atoms with Crippen molar-refractivity contribution < 1.29 is 0 Å². The van der Waals surface area contributed by atoms with Crippen LogP contribution in [0.5, 0.6) is 0 Å². The zero-order chi connectivity index (χ0) is 11.3. The Morgan fingerprint density at radius 1 is 1.47 bits per heavy atom. The van der Waals surface area contributed by atoms with Crippen molar-refractivity contribution in [2.45, 2.75) is 27.2 Å². The summed E-state index contributed by atoms with van der Waals surface area (Å²) in [6.45, 7) is 6.15. The van der Waals surface area contributed by atoms with E-state index in [-0.39, 0.29) is 0 Å². The average molecular weight is 199 g/mol. The van der Waals surface area contributed by atoms with Crippen LogP contribution in [0.1, 0.15) is 37.0 Å². The van der Waals surface area contributed by atoms with Crippen LogP contribution in [0.2, 0.25) is 0 Å². The summed E-state index contributed by atoms with van der Waals surface area (Å²) in [5, 5.41) is 0. The molecule has 0 saturated carbocycles. The van der Waals surface area contributed by atoms with Gasteiger partial charge in [0.25, 0.3) is 0 Å². The minimum atomic E-state index is 0.891. The summed E-state index contributed by atoms with van der Waals surface area (Å²) < 4.78 is 0. The first-order valence-corrected chi connectivity index (χ1v) is 5.17. The van der Waals surface area contributed by atoms with E-state index in [2.05, 4.69) is 37.8 Å². The van der Waals surface area contributed by atoms with Gasteiger partial charge in [-0.25, -0.2) is 0 Å². The Hall–Kier alpha value is -1.68. The van der Waals surface area contributed by atoms with Gasteiger partial charge in [-0.3, -0.25) is 0 Å². The Balaban J connectivity index is 3.09. The highest BCUT2D eigenvalue weighted by Gasteiger charge is 2.00. The van der Waals surface area contributed by atoms with Gasteiger partial charge in [-0.15, -0.1) is 0 Å². The van der Waals surface area contributed by atoms with Gasteiger partial charge >= 0.3 is 0 Å². The van der Waals surface area contributed by atoms with E-state index in [1.165, 1.54) is 11.1 Å². The molecule has 78 valence electrons. The maximum absolute atomic E-state index is 5.50. The van der Waals surface area contributed by atoms with E-state index in [4.69, 9.17) is 5.73 Å². The van der Waals surface area contributed by atoms with Crippen LogP contribution in [0.15, 0.2) is 24.4 Å². The van der Waals surface area contributed by atoms with Gasteiger partial charge in [-0.2, -0.15) is 0 Å². The molecule has 1 aromatic carbocycles. The summed E-state index contributed by atoms with van der Waals surface area (Å²) >= 11 is 0. The van der Waals surface area contributed by atoms with Crippen molar-refractivity contribution in [3.05, 3.63) is 41.1 Å². The average Bonchev–Trinajstić information content (AvgIpc) is 2.25. The highest BCUT2D eigenvalue weighted by atomic mass is 14.5. The minimum absolute atomic E-state index is 0.891. The number of rotatable bonds is 1. The smallest absolute Gasteiger partial charge is 0.0248 e. The summed E-state index contributed by atoms with van der Waals surface area (Å²) in [5.41, 5.74) is 10.1. The van der Waals surface area contributed by atoms with Crippen LogP contribution in [0.25, 0.3) is 5.57 Å². The largest absolute Gasteiger partial charge is 0.404 e. The van der Waals surface area contributed by atoms with Gasteiger partial charge in [0, 0.05) is 12.0 Å². The Morgan fingerprint density at radius 3 is 2.73 bits per heavy atom. The van der Waals surface area contributed by atoms with Crippen LogP contribution in [-0.2, 0) is 0 Å². The molecule has 0 aliphatic rings. The zero-order valence-electron chi connectivity index (χ0n) is 9.59. The second-order valence-corrected chi connectivity index (χ2v) is 3.53. The van der Waals surface area contributed by atoms with Crippen molar-refractivity contribution in [3.63, 3.8) is 0 Å². The maximum Gasteiger partial charge on any atom is 0.0248 e. The summed E-state index contributed by atoms with van der Waals surface area (Å²) in [6.07, 6.45) is 2.53. The summed E-state index contributed by atoms with van der Waals surface area (Å²) in [5.74, 6) is 6.18. The lowest BCUT2D eigenvalue weighted by Crippen LogP contribution is -1.90. The monoisotopic (exact) mass is 199 g/mol. The van der Waals surface area contributed by atoms with Crippen LogP contribution < -0.4 is 5.73 Å². The maximum atomic E-state index is 5.50. The SMILES string of the molecule is CCC#Cc1ccc(/C(C)=C/N)c(C)c1. The predicted molar refractivity (Wildman–Crippen MR) is 66.2 cm³/mol. The quantitative estimate of drug-likeness (QED) is 0.691. The fraction of sp³-hybridized carbons (Fsp3) is 0.286. The van der Waals surface area contributed by atoms with Crippen molar-refractivity contribution in [2.24, 2.45) is 5.73 Å². The number of benzene rings is 1. The van der Waals surface area contributed by atoms with Gasteiger partial charge in [-0.1, -0.05) is 24.8 Å². The molecule has 1 rings (SSSR count). The van der Waals surface area contributed by atoms with Crippen molar-refractivity contribution in [1.29, 1.82) is 0 Å². The number of aryl methyl sites for hydroxylation is 1. The molecule has 2 N–H and O–H groups in total. The lowest BCUT2D eigenvalue weighted by Gasteiger charge is -2.05. The predicted octanol–water partition coefficient (Wildman–Crippen LogP) is 3.08. The number of hydrogen-bond acceptors (Lipinski definition) is 1. The zero-order valence-corrected chi connectivity index (χ0v) is 9.59. The van der Waals surface area contributed by atoms with Crippen molar-refractivity contribution in [2.75, 3.05) is 0 Å². The lowest BCUT2D eigenvalue weighted by atomic mass is 10.00. The number of nitrogens with two attached hydrogens (primary N) is 1. The molecule has 0 atom stereocenters. The molecular formula is C14H17N. The Labute approximate surface area is 92.0 Å². The molecule has 1 aromatic rings. The second-order valence-electron chi connectivity index (χ2n) is 3.53. The minimum Gasteiger partial charge on any atom is -0.404 e. The van der Waals surface area contributed by atoms with Gasteiger partial charge in [0.05, 0.1) is 0 Å². The normalized spacial score (nSPS) is 10.7. The fourth-order valence-corrected chi connectivity index (χ4v) is 1.46. The van der Waals surface area contributed by atoms with Crippen LogP contribution >= 0.6 is 0 Å². The van der Waals surface area contributed by atoms with Crippen LogP contribution in [0, 0.1) is 18.8 Å². The molecule has 0 bridgehead atoms. The van der Waals surface area contributed by atoms with E-state index < -0.39 is 0 Å². The van der Waals surface area contributed by atoms with E-state index in [1.807, 2.05) is 13.0 Å². The molecule has 0 heterocycles. The second kappa shape index (κ2) is 5.26. The fourth-order valence-electron chi connectivity index (χ4n) is 1.46. The third-order valence-corrected chi connectivity index (χ3v) is 2.31. The van der Waals surface area contributed by atoms with Crippen LogP contribution in [0.3, 0.4) is 0 Å². The Morgan fingerprint density at radius 2 is 2.20 bits per heavy atom. The molecule has 0 unspecified atom stereocenters. The van der Waals surface area contributed by atoms with Crippen molar-refractivity contribution in [3.8, 4) is 11.8 Å². The molecule has 0 radical (unpaired) electrons. The highest BCUT2D eigenvalue weighted by Crippen LogP contribution is 2.18. The Bertz CT molecular complexity index is 430. The molecule has 0 aromatic heterocycles. The summed E-state index contributed by atoms with van der Waals surface area (Å²) in [7, 11) is 0. The van der Waals surface area contributed by atoms with Gasteiger partial charge in [-0.05, 0) is 48.9 Å². The molecular weight excluding hydrogens is 182 g/mol. The van der Waals surface area contributed by atoms with Crippen molar-refractivity contribution in [1.82, 2.24) is 0 Å². The van der Waals surface area contributed by atoms with Gasteiger partial charge in [0.1, 0.15) is 0 Å². The lowest BCUT2D eigenvalue weighted by molar-refractivity contribution is 1.28. The summed E-state index contributed by atoms with van der Waals surface area (Å²) in [6, 6.07) is 6.22. The van der Waals surface area contributed by atoms with Gasteiger partial charge in [0.2, 0.25) is 0 Å². The molecule has 1 nitrogen and oxygen atoms in total. The van der Waals surface area contributed by atoms with Crippen LogP contribution in [0.4, 0.5) is 0 Å². The Kier molecular flexibility index (Phi) is 4.00. The van der Waals surface area contributed by atoms with Crippen LogP contribution in [-0.4, -0.2) is 0 Å². The molecule has 0 aliphatic carbocycles. The first-order chi connectivity index (χ1) is 7.19. The molecule has 15 heavy (non-hydrogen) atoms. The van der Waals surface area contributed by atoms with Gasteiger partial charge in [0.15, 0.2) is 0 Å². The molecule has 0 saturated heterocycles. The summed E-state index contributed by atoms with van der Waals surface area (Å²) in [4.78, 5) is 0. The standard InChI is InChI=1S/C14H17N/c1-4-5-6-13-7-8-14(11(2)9-13)12(3)10-15/h7-10H,4,15H2,1-3H3/b12-10+. The van der Waals surface area contributed by atoms with E-state index >= 15 is 0 Å². The van der Waals surface area contributed by atoms with E-state index in [0.29, 0.717) is 0 Å². The molecule has 0 fully saturated rings. The van der Waals surface area contributed by atoms with E-state index in [0.717, 1.165) is 17.6 Å². The third kappa shape index (κ3) is 2.89. The highest BCUT2D eigenvalue weighted by molar-refractivity contribution is 5.66. The van der Waals surface area contributed by atoms with E-state index in [9.17, 15) is 0 Å². The topological polar surface area (TPSA) is 26.0 Å². The molecule has 1 heteroatoms. The molecule has 0 spiro atoms. The third-order valence-electron chi connectivity index (χ3n) is 2.31.